The number of aryl methyl sites for hydroxylation is 1. The van der Waals surface area contributed by atoms with Gasteiger partial charge in [-0.2, -0.15) is 5.10 Å². The standard InChI is InChI=1S/C24H33N5S/c1-28-23(14-22(27-28)17-7-5-6-8-17)21-16-29-12-11-18(21)13-20(29)15-25-24(30)26-19-9-3-2-4-10-19/h2-4,9-10,14,17-18,20-21H,5-8,11-13,15-16H2,1H3,(H2,25,26,30). The summed E-state index contributed by atoms with van der Waals surface area (Å²) in [4.78, 5) is 2.67. The number of nitrogens with zero attached hydrogens (tertiary/aromatic N) is 3. The summed E-state index contributed by atoms with van der Waals surface area (Å²) in [5.41, 5.74) is 3.84. The van der Waals surface area contributed by atoms with Gasteiger partial charge in [-0.1, -0.05) is 31.0 Å². The fourth-order valence-corrected chi connectivity index (χ4v) is 6.07. The number of nitrogens with one attached hydrogen (secondary N) is 2. The lowest BCUT2D eigenvalue weighted by molar-refractivity contribution is 0.0303. The minimum atomic E-state index is 0.568. The average molecular weight is 424 g/mol. The smallest absolute Gasteiger partial charge is 0.170 e. The number of fused-ring (bicyclic) bond motifs is 3. The van der Waals surface area contributed by atoms with E-state index in [1.165, 1.54) is 56.5 Å². The van der Waals surface area contributed by atoms with Crippen LogP contribution in [0.25, 0.3) is 0 Å². The van der Waals surface area contributed by atoms with Crippen molar-refractivity contribution in [2.24, 2.45) is 13.0 Å². The summed E-state index contributed by atoms with van der Waals surface area (Å²) in [6, 6.07) is 13.1. The largest absolute Gasteiger partial charge is 0.361 e. The highest BCUT2D eigenvalue weighted by atomic mass is 32.1. The zero-order chi connectivity index (χ0) is 20.5. The van der Waals surface area contributed by atoms with Gasteiger partial charge in [-0.3, -0.25) is 9.58 Å². The molecule has 1 aromatic heterocycles. The van der Waals surface area contributed by atoms with E-state index >= 15 is 0 Å². The quantitative estimate of drug-likeness (QED) is 0.704. The molecule has 2 aromatic rings. The molecule has 4 fully saturated rings. The van der Waals surface area contributed by atoms with Crippen LogP contribution in [0.3, 0.4) is 0 Å². The fourth-order valence-electron chi connectivity index (χ4n) is 5.87. The van der Waals surface area contributed by atoms with E-state index in [0.717, 1.165) is 24.7 Å². The Morgan fingerprint density at radius 1 is 1.17 bits per heavy atom. The molecule has 4 unspecified atom stereocenters. The second-order valence-electron chi connectivity index (χ2n) is 9.34. The summed E-state index contributed by atoms with van der Waals surface area (Å²) < 4.78 is 2.19. The Morgan fingerprint density at radius 3 is 2.70 bits per heavy atom. The molecular weight excluding hydrogens is 390 g/mol. The minimum absolute atomic E-state index is 0.568. The molecule has 6 rings (SSSR count). The lowest BCUT2D eigenvalue weighted by Crippen LogP contribution is -2.56. The van der Waals surface area contributed by atoms with Crippen LogP contribution >= 0.6 is 12.2 Å². The van der Waals surface area contributed by atoms with Crippen LogP contribution in [0.4, 0.5) is 5.69 Å². The molecule has 6 heteroatoms. The van der Waals surface area contributed by atoms with Crippen molar-refractivity contribution in [3.05, 3.63) is 47.8 Å². The Labute approximate surface area is 185 Å². The van der Waals surface area contributed by atoms with Gasteiger partial charge in [0.1, 0.15) is 0 Å². The summed E-state index contributed by atoms with van der Waals surface area (Å²) in [5, 5.41) is 12.4. The number of rotatable bonds is 5. The molecule has 160 valence electrons. The molecule has 30 heavy (non-hydrogen) atoms. The molecule has 3 saturated heterocycles. The van der Waals surface area contributed by atoms with E-state index in [1.807, 2.05) is 30.3 Å². The van der Waals surface area contributed by atoms with Crippen molar-refractivity contribution in [2.75, 3.05) is 25.0 Å². The predicted molar refractivity (Wildman–Crippen MR) is 126 cm³/mol. The summed E-state index contributed by atoms with van der Waals surface area (Å²) in [5.74, 6) is 2.07. The molecule has 4 heterocycles. The van der Waals surface area contributed by atoms with Gasteiger partial charge in [0.25, 0.3) is 0 Å². The Balaban J connectivity index is 1.19. The number of thiocarbonyl (C=S) groups is 1. The highest BCUT2D eigenvalue weighted by Crippen LogP contribution is 2.43. The molecule has 0 radical (unpaired) electrons. The van der Waals surface area contributed by atoms with Crippen LogP contribution in [0.1, 0.15) is 61.7 Å². The van der Waals surface area contributed by atoms with E-state index < -0.39 is 0 Å². The Hall–Kier alpha value is -1.92. The molecule has 4 atom stereocenters. The highest BCUT2D eigenvalue weighted by Gasteiger charge is 2.42. The summed E-state index contributed by atoms with van der Waals surface area (Å²) in [6.45, 7) is 3.28. The molecular formula is C24H33N5S. The number of piperidine rings is 3. The third-order valence-electron chi connectivity index (χ3n) is 7.50. The van der Waals surface area contributed by atoms with Gasteiger partial charge < -0.3 is 10.6 Å². The van der Waals surface area contributed by atoms with Crippen LogP contribution in [-0.4, -0.2) is 45.5 Å². The molecule has 1 aliphatic carbocycles. The fraction of sp³-hybridized carbons (Fsp3) is 0.583. The average Bonchev–Trinajstić information content (AvgIpc) is 3.43. The van der Waals surface area contributed by atoms with Crippen molar-refractivity contribution < 1.29 is 0 Å². The van der Waals surface area contributed by atoms with Gasteiger partial charge in [0, 0.05) is 49.4 Å². The van der Waals surface area contributed by atoms with Gasteiger partial charge in [0.15, 0.2) is 5.11 Å². The topological polar surface area (TPSA) is 45.1 Å². The lowest BCUT2D eigenvalue weighted by Gasteiger charge is -2.50. The highest BCUT2D eigenvalue weighted by molar-refractivity contribution is 7.80. The normalized spacial score (nSPS) is 28.6. The molecule has 0 amide bonds. The van der Waals surface area contributed by atoms with Gasteiger partial charge >= 0.3 is 0 Å². The van der Waals surface area contributed by atoms with Crippen LogP contribution in [0, 0.1) is 5.92 Å². The zero-order valence-electron chi connectivity index (χ0n) is 17.9. The maximum atomic E-state index is 5.51. The predicted octanol–water partition coefficient (Wildman–Crippen LogP) is 4.24. The Morgan fingerprint density at radius 2 is 1.97 bits per heavy atom. The molecule has 5 nitrogen and oxygen atoms in total. The van der Waals surface area contributed by atoms with E-state index in [0.29, 0.717) is 23.0 Å². The number of aromatic nitrogens is 2. The number of anilines is 1. The van der Waals surface area contributed by atoms with Crippen LogP contribution in [0.5, 0.6) is 0 Å². The van der Waals surface area contributed by atoms with E-state index in [2.05, 4.69) is 33.3 Å². The summed E-state index contributed by atoms with van der Waals surface area (Å²) >= 11 is 5.51. The first-order valence-electron chi connectivity index (χ1n) is 11.5. The van der Waals surface area contributed by atoms with Crippen molar-refractivity contribution >= 4 is 23.0 Å². The third kappa shape index (κ3) is 4.12. The van der Waals surface area contributed by atoms with E-state index in [4.69, 9.17) is 17.3 Å². The Kier molecular flexibility index (Phi) is 5.79. The summed E-state index contributed by atoms with van der Waals surface area (Å²) in [7, 11) is 2.15. The first kappa shape index (κ1) is 20.0. The van der Waals surface area contributed by atoms with Crippen LogP contribution < -0.4 is 10.6 Å². The van der Waals surface area contributed by atoms with Crippen molar-refractivity contribution in [1.82, 2.24) is 20.0 Å². The molecule has 0 spiro atoms. The van der Waals surface area contributed by atoms with Gasteiger partial charge in [0.05, 0.1) is 5.69 Å². The lowest BCUT2D eigenvalue weighted by atomic mass is 9.74. The molecule has 1 aromatic carbocycles. The third-order valence-corrected chi connectivity index (χ3v) is 7.74. The monoisotopic (exact) mass is 423 g/mol. The number of benzene rings is 1. The van der Waals surface area contributed by atoms with Gasteiger partial charge in [-0.05, 0) is 68.6 Å². The van der Waals surface area contributed by atoms with E-state index in [-0.39, 0.29) is 0 Å². The molecule has 4 aliphatic rings. The zero-order valence-corrected chi connectivity index (χ0v) is 18.7. The van der Waals surface area contributed by atoms with Gasteiger partial charge in [-0.25, -0.2) is 0 Å². The van der Waals surface area contributed by atoms with Crippen LogP contribution in [-0.2, 0) is 7.05 Å². The van der Waals surface area contributed by atoms with Crippen molar-refractivity contribution in [3.8, 4) is 0 Å². The second-order valence-corrected chi connectivity index (χ2v) is 9.75. The van der Waals surface area contributed by atoms with Crippen LogP contribution in [0.2, 0.25) is 0 Å². The molecule has 3 aliphatic heterocycles. The number of para-hydroxylation sites is 1. The van der Waals surface area contributed by atoms with E-state index in [1.54, 1.807) is 0 Å². The van der Waals surface area contributed by atoms with Crippen molar-refractivity contribution in [1.29, 1.82) is 0 Å². The van der Waals surface area contributed by atoms with Crippen LogP contribution in [0.15, 0.2) is 36.4 Å². The first-order chi connectivity index (χ1) is 14.7. The number of hydrogen-bond donors (Lipinski definition) is 2. The number of hydrogen-bond acceptors (Lipinski definition) is 3. The van der Waals surface area contributed by atoms with Gasteiger partial charge in [0.2, 0.25) is 0 Å². The van der Waals surface area contributed by atoms with Gasteiger partial charge in [-0.15, -0.1) is 0 Å². The van der Waals surface area contributed by atoms with E-state index in [9.17, 15) is 0 Å². The summed E-state index contributed by atoms with van der Waals surface area (Å²) in [6.07, 6.45) is 7.92. The SMILES string of the molecule is Cn1nc(C2CCCC2)cc1C1CN2CCC1CC2CNC(=S)Nc1ccccc1. The van der Waals surface area contributed by atoms with Crippen molar-refractivity contribution in [3.63, 3.8) is 0 Å². The first-order valence-corrected chi connectivity index (χ1v) is 12.0. The molecule has 2 bridgehead atoms. The van der Waals surface area contributed by atoms with Crippen molar-refractivity contribution in [2.45, 2.75) is 56.4 Å². The Bertz CT molecular complexity index is 873. The maximum absolute atomic E-state index is 5.51. The maximum Gasteiger partial charge on any atom is 0.170 e. The molecule has 2 N–H and O–H groups in total. The second kappa shape index (κ2) is 8.67. The molecule has 1 saturated carbocycles. The minimum Gasteiger partial charge on any atom is -0.361 e.